The summed E-state index contributed by atoms with van der Waals surface area (Å²) in [5.74, 6) is 2.10. The second-order valence-corrected chi connectivity index (χ2v) is 8.01. The largest absolute Gasteiger partial charge is 0.497 e. The average Bonchev–Trinajstić information content (AvgIpc) is 3.45. The third-order valence-electron chi connectivity index (χ3n) is 6.05. The molecule has 0 spiro atoms. The van der Waals surface area contributed by atoms with Gasteiger partial charge in [-0.15, -0.1) is 10.2 Å². The van der Waals surface area contributed by atoms with Gasteiger partial charge in [0.1, 0.15) is 11.8 Å². The first kappa shape index (κ1) is 19.8. The number of rotatable bonds is 5. The predicted octanol–water partition coefficient (Wildman–Crippen LogP) is 3.85. The van der Waals surface area contributed by atoms with Crippen molar-refractivity contribution in [1.29, 1.82) is 0 Å². The third-order valence-corrected chi connectivity index (χ3v) is 6.05. The van der Waals surface area contributed by atoms with Gasteiger partial charge < -0.3 is 13.9 Å². The van der Waals surface area contributed by atoms with E-state index in [4.69, 9.17) is 13.9 Å². The van der Waals surface area contributed by atoms with Gasteiger partial charge in [0.05, 0.1) is 13.5 Å². The van der Waals surface area contributed by atoms with Crippen molar-refractivity contribution in [2.75, 3.05) is 25.2 Å². The molecule has 2 aromatic carbocycles. The number of methoxy groups -OCH3 is 1. The summed E-state index contributed by atoms with van der Waals surface area (Å²) in [6.45, 7) is 1.42. The summed E-state index contributed by atoms with van der Waals surface area (Å²) in [5, 5.41) is 8.67. The van der Waals surface area contributed by atoms with E-state index in [1.165, 1.54) is 0 Å². The molecule has 31 heavy (non-hydrogen) atoms. The summed E-state index contributed by atoms with van der Waals surface area (Å²) in [6, 6.07) is 15.3. The maximum atomic E-state index is 13.4. The number of carbonyl (C=O) groups excluding carboxylic acids is 1. The summed E-state index contributed by atoms with van der Waals surface area (Å²) in [5.41, 5.74) is 2.92. The van der Waals surface area contributed by atoms with E-state index >= 15 is 0 Å². The lowest BCUT2D eigenvalue weighted by atomic mass is 10.0. The molecule has 1 atom stereocenters. The van der Waals surface area contributed by atoms with Crippen LogP contribution < -0.4 is 9.64 Å². The number of carbonyl (C=O) groups is 1. The zero-order valence-electron chi connectivity index (χ0n) is 17.5. The van der Waals surface area contributed by atoms with Crippen molar-refractivity contribution in [3.8, 4) is 5.75 Å². The van der Waals surface area contributed by atoms with Gasteiger partial charge in [0.15, 0.2) is 0 Å². The standard InChI is InChI=1S/C24H25N3O4/c1-29-19-7-4-5-16(13-19)14-22(28)27-20-8-3-2-6-18(20)15-21(27)24-26-25-23(31-24)17-9-11-30-12-10-17/h2-8,13,17,21H,9-12,14-15H2,1H3. The van der Waals surface area contributed by atoms with Crippen LogP contribution in [0.5, 0.6) is 5.75 Å². The Labute approximate surface area is 181 Å². The molecule has 1 unspecified atom stereocenters. The van der Waals surface area contributed by atoms with Gasteiger partial charge >= 0.3 is 0 Å². The molecule has 3 aromatic rings. The number of aromatic nitrogens is 2. The van der Waals surface area contributed by atoms with E-state index in [-0.39, 0.29) is 24.3 Å². The zero-order chi connectivity index (χ0) is 21.2. The topological polar surface area (TPSA) is 77.7 Å². The van der Waals surface area contributed by atoms with E-state index in [1.807, 2.05) is 47.4 Å². The number of nitrogens with zero attached hydrogens (tertiary/aromatic N) is 3. The van der Waals surface area contributed by atoms with E-state index in [1.54, 1.807) is 7.11 Å². The van der Waals surface area contributed by atoms with Crippen molar-refractivity contribution in [2.24, 2.45) is 0 Å². The maximum absolute atomic E-state index is 13.4. The van der Waals surface area contributed by atoms with E-state index in [0.29, 0.717) is 31.4 Å². The fraction of sp³-hybridized carbons (Fsp3) is 0.375. The quantitative estimate of drug-likeness (QED) is 0.625. The fourth-order valence-corrected chi connectivity index (χ4v) is 4.42. The number of anilines is 1. The van der Waals surface area contributed by atoms with Gasteiger partial charge in [0.25, 0.3) is 0 Å². The highest BCUT2D eigenvalue weighted by atomic mass is 16.5. The molecule has 0 radical (unpaired) electrons. The van der Waals surface area contributed by atoms with Crippen LogP contribution in [0, 0.1) is 0 Å². The highest BCUT2D eigenvalue weighted by Gasteiger charge is 2.38. The van der Waals surface area contributed by atoms with Crippen LogP contribution in [0.4, 0.5) is 5.69 Å². The first-order valence-electron chi connectivity index (χ1n) is 10.7. The lowest BCUT2D eigenvalue weighted by Gasteiger charge is -2.23. The van der Waals surface area contributed by atoms with Crippen molar-refractivity contribution in [1.82, 2.24) is 10.2 Å². The number of hydrogen-bond acceptors (Lipinski definition) is 6. The van der Waals surface area contributed by atoms with Gasteiger partial charge in [-0.2, -0.15) is 0 Å². The van der Waals surface area contributed by atoms with Crippen molar-refractivity contribution < 1.29 is 18.7 Å². The lowest BCUT2D eigenvalue weighted by Crippen LogP contribution is -2.33. The van der Waals surface area contributed by atoms with E-state index < -0.39 is 0 Å². The Hall–Kier alpha value is -3.19. The summed E-state index contributed by atoms with van der Waals surface area (Å²) >= 11 is 0. The molecule has 1 saturated heterocycles. The van der Waals surface area contributed by atoms with Gasteiger partial charge in [0.2, 0.25) is 17.7 Å². The zero-order valence-corrected chi connectivity index (χ0v) is 17.5. The fourth-order valence-electron chi connectivity index (χ4n) is 4.42. The van der Waals surface area contributed by atoms with Gasteiger partial charge in [-0.1, -0.05) is 30.3 Å². The second-order valence-electron chi connectivity index (χ2n) is 8.01. The Morgan fingerprint density at radius 1 is 1.10 bits per heavy atom. The van der Waals surface area contributed by atoms with Gasteiger partial charge in [-0.3, -0.25) is 9.69 Å². The molecular weight excluding hydrogens is 394 g/mol. The molecule has 1 amide bonds. The molecule has 3 heterocycles. The SMILES string of the molecule is COc1cccc(CC(=O)N2c3ccccc3CC2c2nnc(C3CCOCC3)o2)c1. The summed E-state index contributed by atoms with van der Waals surface area (Å²) in [4.78, 5) is 15.3. The molecule has 5 rings (SSSR count). The van der Waals surface area contributed by atoms with Crippen LogP contribution in [0.1, 0.15) is 47.7 Å². The number of para-hydroxylation sites is 1. The van der Waals surface area contributed by atoms with E-state index in [9.17, 15) is 4.79 Å². The number of hydrogen-bond donors (Lipinski definition) is 0. The van der Waals surface area contributed by atoms with Crippen LogP contribution in [-0.2, 0) is 22.4 Å². The molecule has 1 aromatic heterocycles. The Morgan fingerprint density at radius 2 is 1.90 bits per heavy atom. The molecule has 160 valence electrons. The number of amides is 1. The molecule has 0 bridgehead atoms. The first-order valence-corrected chi connectivity index (χ1v) is 10.7. The van der Waals surface area contributed by atoms with Gasteiger partial charge in [-0.25, -0.2) is 0 Å². The van der Waals surface area contributed by atoms with E-state index in [2.05, 4.69) is 16.3 Å². The maximum Gasteiger partial charge on any atom is 0.239 e. The molecule has 7 heteroatoms. The summed E-state index contributed by atoms with van der Waals surface area (Å²) in [6.07, 6.45) is 2.69. The minimum atomic E-state index is -0.295. The predicted molar refractivity (Wildman–Crippen MR) is 114 cm³/mol. The highest BCUT2D eigenvalue weighted by Crippen LogP contribution is 2.41. The minimum absolute atomic E-state index is 0.00554. The Kier molecular flexibility index (Phi) is 5.42. The number of benzene rings is 2. The molecule has 2 aliphatic rings. The highest BCUT2D eigenvalue weighted by molar-refractivity contribution is 5.97. The third kappa shape index (κ3) is 3.93. The molecular formula is C24H25N3O4. The van der Waals surface area contributed by atoms with Crippen LogP contribution in [-0.4, -0.2) is 36.4 Å². The molecule has 0 aliphatic carbocycles. The first-order chi connectivity index (χ1) is 15.2. The minimum Gasteiger partial charge on any atom is -0.497 e. The average molecular weight is 419 g/mol. The lowest BCUT2D eigenvalue weighted by molar-refractivity contribution is -0.118. The van der Waals surface area contributed by atoms with Crippen LogP contribution in [0.3, 0.4) is 0 Å². The Balaban J connectivity index is 1.43. The molecule has 1 fully saturated rings. The Morgan fingerprint density at radius 3 is 2.74 bits per heavy atom. The van der Waals surface area contributed by atoms with Crippen molar-refractivity contribution in [3.63, 3.8) is 0 Å². The molecule has 0 saturated carbocycles. The van der Waals surface area contributed by atoms with E-state index in [0.717, 1.165) is 35.4 Å². The summed E-state index contributed by atoms with van der Waals surface area (Å²) < 4.78 is 16.9. The Bertz CT molecular complexity index is 1070. The van der Waals surface area contributed by atoms with Crippen LogP contribution in [0.25, 0.3) is 0 Å². The second kappa shape index (κ2) is 8.51. The van der Waals surface area contributed by atoms with Crippen LogP contribution in [0.15, 0.2) is 52.9 Å². The van der Waals surface area contributed by atoms with Crippen LogP contribution >= 0.6 is 0 Å². The summed E-state index contributed by atoms with van der Waals surface area (Å²) in [7, 11) is 1.62. The molecule has 0 N–H and O–H groups in total. The number of fused-ring (bicyclic) bond motifs is 1. The van der Waals surface area contributed by atoms with Crippen molar-refractivity contribution >= 4 is 11.6 Å². The normalized spacial score (nSPS) is 18.7. The van der Waals surface area contributed by atoms with Gasteiger partial charge in [-0.05, 0) is 42.2 Å². The monoisotopic (exact) mass is 419 g/mol. The molecule has 7 nitrogen and oxygen atoms in total. The number of ether oxygens (including phenoxy) is 2. The van der Waals surface area contributed by atoms with Crippen LogP contribution in [0.2, 0.25) is 0 Å². The van der Waals surface area contributed by atoms with Crippen molar-refractivity contribution in [3.05, 3.63) is 71.4 Å². The van der Waals surface area contributed by atoms with Crippen molar-refractivity contribution in [2.45, 2.75) is 37.6 Å². The molecule has 2 aliphatic heterocycles. The smallest absolute Gasteiger partial charge is 0.239 e. The van der Waals surface area contributed by atoms with Gasteiger partial charge in [0, 0.05) is 31.2 Å².